The largest absolute Gasteiger partial charge is 0.389 e. The Hall–Kier alpha value is -0.190. The third-order valence-electron chi connectivity index (χ3n) is 3.42. The number of nitrogens with zero attached hydrogens (tertiary/aromatic N) is 1. The highest BCUT2D eigenvalue weighted by atomic mass is 19.1. The van der Waals surface area contributed by atoms with Crippen molar-refractivity contribution in [3.8, 4) is 0 Å². The third-order valence-corrected chi connectivity index (χ3v) is 3.42. The molecule has 0 aromatic rings. The fourth-order valence-electron chi connectivity index (χ4n) is 2.71. The maximum Gasteiger partial charge on any atom is 0.117 e. The van der Waals surface area contributed by atoms with Crippen LogP contribution in [-0.2, 0) is 0 Å². The fraction of sp³-hybridized carbons (Fsp3) is 1.00. The Morgan fingerprint density at radius 3 is 3.14 bits per heavy atom. The number of aliphatic hydroxyl groups excluding tert-OH is 1. The third kappa shape index (κ3) is 2.07. The molecule has 0 bridgehead atoms. The first-order chi connectivity index (χ1) is 6.81. The minimum atomic E-state index is -0.797. The van der Waals surface area contributed by atoms with Crippen LogP contribution < -0.4 is 5.32 Å². The molecule has 2 heterocycles. The molecule has 14 heavy (non-hydrogen) atoms. The number of rotatable bonds is 3. The summed E-state index contributed by atoms with van der Waals surface area (Å²) in [7, 11) is 0. The molecule has 82 valence electrons. The lowest BCUT2D eigenvalue weighted by molar-refractivity contribution is 0.0454. The monoisotopic (exact) mass is 202 g/mol. The number of alkyl halides is 1. The number of halogens is 1. The van der Waals surface area contributed by atoms with Crippen molar-refractivity contribution in [3.63, 3.8) is 0 Å². The van der Waals surface area contributed by atoms with Gasteiger partial charge >= 0.3 is 0 Å². The molecule has 0 aromatic heterocycles. The quantitative estimate of drug-likeness (QED) is 0.676. The number of aliphatic hydroxyl groups is 1. The molecule has 0 saturated carbocycles. The maximum absolute atomic E-state index is 12.2. The topological polar surface area (TPSA) is 35.5 Å². The molecule has 3 unspecified atom stereocenters. The molecule has 4 heteroatoms. The Morgan fingerprint density at radius 1 is 1.50 bits per heavy atom. The predicted octanol–water partition coefficient (Wildman–Crippen LogP) is 0.000600. The molecule has 0 spiro atoms. The fourth-order valence-corrected chi connectivity index (χ4v) is 2.71. The summed E-state index contributed by atoms with van der Waals surface area (Å²) < 4.78 is 12.2. The molecule has 0 amide bonds. The second-order valence-corrected chi connectivity index (χ2v) is 4.43. The van der Waals surface area contributed by atoms with E-state index in [-0.39, 0.29) is 0 Å². The zero-order valence-electron chi connectivity index (χ0n) is 8.45. The van der Waals surface area contributed by atoms with E-state index in [0.717, 1.165) is 25.6 Å². The van der Waals surface area contributed by atoms with E-state index in [1.54, 1.807) is 0 Å². The van der Waals surface area contributed by atoms with Crippen molar-refractivity contribution in [2.24, 2.45) is 5.92 Å². The highest BCUT2D eigenvalue weighted by Gasteiger charge is 2.35. The Bertz CT molecular complexity index is 191. The number of hydrogen-bond acceptors (Lipinski definition) is 3. The van der Waals surface area contributed by atoms with Gasteiger partial charge in [0, 0.05) is 19.1 Å². The van der Waals surface area contributed by atoms with Crippen molar-refractivity contribution in [1.82, 2.24) is 10.2 Å². The average Bonchev–Trinajstić information content (AvgIpc) is 2.66. The first kappa shape index (κ1) is 10.3. The van der Waals surface area contributed by atoms with Crippen LogP contribution in [0.1, 0.15) is 12.8 Å². The number of likely N-dealkylation sites (tertiary alicyclic amines) is 1. The van der Waals surface area contributed by atoms with Crippen LogP contribution in [0, 0.1) is 5.92 Å². The van der Waals surface area contributed by atoms with Crippen molar-refractivity contribution in [3.05, 3.63) is 0 Å². The van der Waals surface area contributed by atoms with Crippen LogP contribution in [0.3, 0.4) is 0 Å². The summed E-state index contributed by atoms with van der Waals surface area (Å²) in [6.45, 7) is 2.98. The normalized spacial score (nSPS) is 35.6. The summed E-state index contributed by atoms with van der Waals surface area (Å²) in [6.07, 6.45) is 1.66. The summed E-state index contributed by atoms with van der Waals surface area (Å²) in [5, 5.41) is 12.7. The van der Waals surface area contributed by atoms with Crippen LogP contribution in [0.2, 0.25) is 0 Å². The average molecular weight is 202 g/mol. The van der Waals surface area contributed by atoms with E-state index in [9.17, 15) is 9.50 Å². The zero-order chi connectivity index (χ0) is 9.97. The molecular weight excluding hydrogens is 183 g/mol. The van der Waals surface area contributed by atoms with Crippen molar-refractivity contribution >= 4 is 0 Å². The minimum Gasteiger partial charge on any atom is -0.389 e. The smallest absolute Gasteiger partial charge is 0.117 e. The molecule has 2 rings (SSSR count). The van der Waals surface area contributed by atoms with E-state index < -0.39 is 12.8 Å². The van der Waals surface area contributed by atoms with E-state index in [0.29, 0.717) is 12.6 Å². The first-order valence-electron chi connectivity index (χ1n) is 5.50. The van der Waals surface area contributed by atoms with Gasteiger partial charge in [-0.05, 0) is 31.8 Å². The lowest BCUT2D eigenvalue weighted by atomic mass is 9.92. The SMILES string of the molecule is OC(CF)CN1CCCC2CNCC21. The van der Waals surface area contributed by atoms with E-state index in [4.69, 9.17) is 0 Å². The number of hydrogen-bond donors (Lipinski definition) is 2. The van der Waals surface area contributed by atoms with Gasteiger partial charge in [-0.25, -0.2) is 4.39 Å². The van der Waals surface area contributed by atoms with E-state index in [1.165, 1.54) is 12.8 Å². The Balaban J connectivity index is 1.90. The molecule has 2 fully saturated rings. The van der Waals surface area contributed by atoms with Gasteiger partial charge in [0.05, 0.1) is 6.10 Å². The van der Waals surface area contributed by atoms with E-state index in [2.05, 4.69) is 10.2 Å². The van der Waals surface area contributed by atoms with E-state index >= 15 is 0 Å². The molecule has 3 nitrogen and oxygen atoms in total. The van der Waals surface area contributed by atoms with Crippen molar-refractivity contribution in [1.29, 1.82) is 0 Å². The van der Waals surface area contributed by atoms with Crippen LogP contribution in [0.25, 0.3) is 0 Å². The summed E-state index contributed by atoms with van der Waals surface area (Å²) in [5.41, 5.74) is 0. The predicted molar refractivity (Wildman–Crippen MR) is 52.9 cm³/mol. The number of β-amino-alcohol motifs (C(OH)–C–C–N with tert-alkyl or cyclic N) is 1. The van der Waals surface area contributed by atoms with Crippen LogP contribution in [-0.4, -0.2) is 55.0 Å². The van der Waals surface area contributed by atoms with Gasteiger partial charge in [0.25, 0.3) is 0 Å². The number of nitrogens with one attached hydrogen (secondary N) is 1. The van der Waals surface area contributed by atoms with Gasteiger partial charge < -0.3 is 10.4 Å². The lowest BCUT2D eigenvalue weighted by Crippen LogP contribution is -2.48. The van der Waals surface area contributed by atoms with Crippen molar-refractivity contribution in [2.75, 3.05) is 32.9 Å². The molecule has 0 aliphatic carbocycles. The van der Waals surface area contributed by atoms with Crippen LogP contribution >= 0.6 is 0 Å². The molecular formula is C10H19FN2O. The summed E-state index contributed by atoms with van der Waals surface area (Å²) in [4.78, 5) is 2.25. The van der Waals surface area contributed by atoms with Gasteiger partial charge in [-0.1, -0.05) is 0 Å². The Kier molecular flexibility index (Phi) is 3.36. The van der Waals surface area contributed by atoms with Gasteiger partial charge in [0.1, 0.15) is 6.67 Å². The highest BCUT2D eigenvalue weighted by Crippen LogP contribution is 2.26. The van der Waals surface area contributed by atoms with Crippen molar-refractivity contribution in [2.45, 2.75) is 25.0 Å². The lowest BCUT2D eigenvalue weighted by Gasteiger charge is -2.37. The van der Waals surface area contributed by atoms with Crippen LogP contribution in [0.5, 0.6) is 0 Å². The minimum absolute atomic E-state index is 0.499. The van der Waals surface area contributed by atoms with E-state index in [1.807, 2.05) is 0 Å². The highest BCUT2D eigenvalue weighted by molar-refractivity contribution is 4.92. The molecule has 2 aliphatic rings. The molecule has 3 atom stereocenters. The zero-order valence-corrected chi connectivity index (χ0v) is 8.45. The molecule has 0 radical (unpaired) electrons. The second kappa shape index (κ2) is 4.55. The maximum atomic E-state index is 12.2. The van der Waals surface area contributed by atoms with Gasteiger partial charge in [-0.3, -0.25) is 4.90 Å². The second-order valence-electron chi connectivity index (χ2n) is 4.43. The Morgan fingerprint density at radius 2 is 2.36 bits per heavy atom. The van der Waals surface area contributed by atoms with Gasteiger partial charge in [0.15, 0.2) is 0 Å². The van der Waals surface area contributed by atoms with Crippen molar-refractivity contribution < 1.29 is 9.50 Å². The summed E-state index contributed by atoms with van der Waals surface area (Å²) in [5.74, 6) is 0.718. The number of fused-ring (bicyclic) bond motifs is 1. The Labute approximate surface area is 84.3 Å². The van der Waals surface area contributed by atoms with Crippen LogP contribution in [0.15, 0.2) is 0 Å². The number of piperidine rings is 1. The van der Waals surface area contributed by atoms with Gasteiger partial charge in [-0.2, -0.15) is 0 Å². The standard InChI is InChI=1S/C10H19FN2O/c11-4-9(14)7-13-3-1-2-8-5-12-6-10(8)13/h8-10,12,14H,1-7H2. The van der Waals surface area contributed by atoms with Gasteiger partial charge in [0.2, 0.25) is 0 Å². The molecule has 0 aromatic carbocycles. The first-order valence-corrected chi connectivity index (χ1v) is 5.50. The molecule has 2 N–H and O–H groups in total. The summed E-state index contributed by atoms with van der Waals surface area (Å²) in [6, 6.07) is 0.532. The van der Waals surface area contributed by atoms with Gasteiger partial charge in [-0.15, -0.1) is 0 Å². The molecule has 2 aliphatic heterocycles. The van der Waals surface area contributed by atoms with Crippen LogP contribution in [0.4, 0.5) is 4.39 Å². The summed E-state index contributed by atoms with van der Waals surface area (Å²) >= 11 is 0. The molecule has 2 saturated heterocycles.